The molecule has 0 amide bonds. The molecule has 0 aromatic rings. The molecular weight excluding hydrogens is 324 g/mol. The van der Waals surface area contributed by atoms with Gasteiger partial charge < -0.3 is 9.84 Å². The highest BCUT2D eigenvalue weighted by molar-refractivity contribution is 8.00. The van der Waals surface area contributed by atoms with Crippen LogP contribution in [0, 0.1) is 0 Å². The van der Waals surface area contributed by atoms with Gasteiger partial charge in [0.05, 0.1) is 13.0 Å². The van der Waals surface area contributed by atoms with Crippen LogP contribution in [-0.2, 0) is 14.3 Å². The lowest BCUT2D eigenvalue weighted by molar-refractivity contribution is -0.142. The van der Waals surface area contributed by atoms with Gasteiger partial charge in [0.15, 0.2) is 0 Å². The molecule has 24 heavy (non-hydrogen) atoms. The molecule has 0 aliphatic rings. The van der Waals surface area contributed by atoms with Gasteiger partial charge in [0, 0.05) is 5.75 Å². The summed E-state index contributed by atoms with van der Waals surface area (Å²) in [6, 6.07) is 0. The minimum absolute atomic E-state index is 0.0958. The quantitative estimate of drug-likeness (QED) is 0.276. The maximum atomic E-state index is 11.9. The van der Waals surface area contributed by atoms with E-state index in [1.165, 1.54) is 63.1 Å². The van der Waals surface area contributed by atoms with Crippen LogP contribution in [0.25, 0.3) is 0 Å². The van der Waals surface area contributed by atoms with Crippen LogP contribution >= 0.6 is 11.8 Å². The van der Waals surface area contributed by atoms with Crippen LogP contribution in [0.4, 0.5) is 0 Å². The molecule has 1 atom stereocenters. The lowest BCUT2D eigenvalue weighted by Crippen LogP contribution is -2.21. The Hall–Kier alpha value is -0.710. The highest BCUT2D eigenvalue weighted by atomic mass is 32.2. The normalized spacial score (nSPS) is 12.1. The van der Waals surface area contributed by atoms with Crippen molar-refractivity contribution in [1.29, 1.82) is 0 Å². The van der Waals surface area contributed by atoms with Gasteiger partial charge in [0.1, 0.15) is 5.25 Å². The summed E-state index contributed by atoms with van der Waals surface area (Å²) in [5, 5.41) is 8.49. The topological polar surface area (TPSA) is 63.6 Å². The SMILES string of the molecule is CCCCCCCCCCCCC(SCCC(=O)O)C(=O)OCC. The molecule has 0 bridgehead atoms. The predicted molar refractivity (Wildman–Crippen MR) is 102 cm³/mol. The molecule has 0 aliphatic carbocycles. The summed E-state index contributed by atoms with van der Waals surface area (Å²) in [6.45, 7) is 4.42. The van der Waals surface area contributed by atoms with E-state index in [4.69, 9.17) is 9.84 Å². The summed E-state index contributed by atoms with van der Waals surface area (Å²) in [6.07, 6.45) is 13.6. The smallest absolute Gasteiger partial charge is 0.319 e. The molecule has 1 N–H and O–H groups in total. The van der Waals surface area contributed by atoms with Crippen molar-refractivity contribution < 1.29 is 19.4 Å². The van der Waals surface area contributed by atoms with E-state index in [1.807, 2.05) is 0 Å². The third-order valence-corrected chi connectivity index (χ3v) is 5.27. The van der Waals surface area contributed by atoms with Gasteiger partial charge in [0.2, 0.25) is 0 Å². The van der Waals surface area contributed by atoms with E-state index in [1.54, 1.807) is 6.92 Å². The molecule has 0 spiro atoms. The predicted octanol–water partition coefficient (Wildman–Crippen LogP) is 5.44. The minimum Gasteiger partial charge on any atom is -0.481 e. The molecule has 0 saturated carbocycles. The van der Waals surface area contributed by atoms with Gasteiger partial charge >= 0.3 is 11.9 Å². The van der Waals surface area contributed by atoms with Gasteiger partial charge in [-0.15, -0.1) is 11.8 Å². The number of unbranched alkanes of at least 4 members (excludes halogenated alkanes) is 9. The largest absolute Gasteiger partial charge is 0.481 e. The van der Waals surface area contributed by atoms with Crippen molar-refractivity contribution in [3.8, 4) is 0 Å². The number of carbonyl (C=O) groups excluding carboxylic acids is 1. The first-order chi connectivity index (χ1) is 11.6. The summed E-state index contributed by atoms with van der Waals surface area (Å²) in [4.78, 5) is 22.5. The Bertz CT molecular complexity index is 320. The van der Waals surface area contributed by atoms with Crippen LogP contribution in [-0.4, -0.2) is 34.7 Å². The van der Waals surface area contributed by atoms with Gasteiger partial charge in [-0.1, -0.05) is 71.1 Å². The fourth-order valence-electron chi connectivity index (χ4n) is 2.61. The van der Waals surface area contributed by atoms with Gasteiger partial charge in [0.25, 0.3) is 0 Å². The van der Waals surface area contributed by atoms with Crippen LogP contribution in [0.5, 0.6) is 0 Å². The Balaban J connectivity index is 3.73. The van der Waals surface area contributed by atoms with E-state index in [-0.39, 0.29) is 17.6 Å². The van der Waals surface area contributed by atoms with E-state index in [0.717, 1.165) is 19.3 Å². The van der Waals surface area contributed by atoms with Crippen molar-refractivity contribution >= 4 is 23.7 Å². The van der Waals surface area contributed by atoms with Crippen molar-refractivity contribution in [2.24, 2.45) is 0 Å². The zero-order valence-electron chi connectivity index (χ0n) is 15.6. The fourth-order valence-corrected chi connectivity index (χ4v) is 3.72. The molecule has 0 fully saturated rings. The number of carboxylic acids is 1. The van der Waals surface area contributed by atoms with Crippen molar-refractivity contribution in [2.75, 3.05) is 12.4 Å². The molecule has 0 saturated heterocycles. The molecule has 0 heterocycles. The van der Waals surface area contributed by atoms with Crippen molar-refractivity contribution in [3.63, 3.8) is 0 Å². The maximum absolute atomic E-state index is 11.9. The Morgan fingerprint density at radius 2 is 1.46 bits per heavy atom. The second kappa shape index (κ2) is 17.1. The average Bonchev–Trinajstić information content (AvgIpc) is 2.54. The molecule has 0 aromatic carbocycles. The number of aliphatic carboxylic acids is 1. The number of hydrogen-bond donors (Lipinski definition) is 1. The Kier molecular flexibility index (Phi) is 16.6. The number of carboxylic acid groups (broad SMARTS) is 1. The molecular formula is C19H36O4S. The first kappa shape index (κ1) is 23.3. The number of esters is 1. The Morgan fingerprint density at radius 3 is 1.96 bits per heavy atom. The first-order valence-corrected chi connectivity index (χ1v) is 10.7. The molecule has 0 rings (SSSR count). The van der Waals surface area contributed by atoms with Crippen LogP contribution in [0.1, 0.15) is 90.9 Å². The highest BCUT2D eigenvalue weighted by Gasteiger charge is 2.20. The van der Waals surface area contributed by atoms with Crippen molar-refractivity contribution in [1.82, 2.24) is 0 Å². The zero-order chi connectivity index (χ0) is 18.0. The monoisotopic (exact) mass is 360 g/mol. The van der Waals surface area contributed by atoms with Crippen molar-refractivity contribution in [3.05, 3.63) is 0 Å². The highest BCUT2D eigenvalue weighted by Crippen LogP contribution is 2.21. The minimum atomic E-state index is -0.816. The van der Waals surface area contributed by atoms with Gasteiger partial charge in [-0.05, 0) is 13.3 Å². The number of ether oxygens (including phenoxy) is 1. The average molecular weight is 361 g/mol. The molecule has 0 aliphatic heterocycles. The van der Waals surface area contributed by atoms with E-state index in [2.05, 4.69) is 6.92 Å². The Morgan fingerprint density at radius 1 is 0.917 bits per heavy atom. The van der Waals surface area contributed by atoms with Crippen LogP contribution in [0.2, 0.25) is 0 Å². The third-order valence-electron chi connectivity index (χ3n) is 4.00. The van der Waals surface area contributed by atoms with Crippen LogP contribution < -0.4 is 0 Å². The van der Waals surface area contributed by atoms with E-state index in [9.17, 15) is 9.59 Å². The summed E-state index contributed by atoms with van der Waals surface area (Å²) in [5.41, 5.74) is 0. The number of hydrogen-bond acceptors (Lipinski definition) is 4. The van der Waals surface area contributed by atoms with Gasteiger partial charge in [-0.2, -0.15) is 0 Å². The zero-order valence-corrected chi connectivity index (χ0v) is 16.4. The first-order valence-electron chi connectivity index (χ1n) is 9.61. The van der Waals surface area contributed by atoms with Gasteiger partial charge in [-0.25, -0.2) is 0 Å². The Labute approximate surface area is 152 Å². The molecule has 142 valence electrons. The van der Waals surface area contributed by atoms with Crippen molar-refractivity contribution in [2.45, 2.75) is 96.1 Å². The summed E-state index contributed by atoms with van der Waals surface area (Å²) in [7, 11) is 0. The molecule has 1 unspecified atom stereocenters. The van der Waals surface area contributed by atoms with E-state index in [0.29, 0.717) is 12.4 Å². The fraction of sp³-hybridized carbons (Fsp3) is 0.895. The second-order valence-electron chi connectivity index (χ2n) is 6.23. The molecule has 0 radical (unpaired) electrons. The second-order valence-corrected chi connectivity index (χ2v) is 7.54. The lowest BCUT2D eigenvalue weighted by atomic mass is 10.1. The molecule has 4 nitrogen and oxygen atoms in total. The summed E-state index contributed by atoms with van der Waals surface area (Å²) < 4.78 is 5.10. The number of carbonyl (C=O) groups is 2. The lowest BCUT2D eigenvalue weighted by Gasteiger charge is -2.14. The maximum Gasteiger partial charge on any atom is 0.319 e. The standard InChI is InChI=1S/C19H36O4S/c1-3-5-6-7-8-9-10-11-12-13-14-17(19(22)23-4-2)24-16-15-18(20)21/h17H,3-16H2,1-2H3,(H,20,21). The summed E-state index contributed by atoms with van der Waals surface area (Å²) >= 11 is 1.42. The summed E-state index contributed by atoms with van der Waals surface area (Å²) in [5.74, 6) is -0.538. The number of rotatable bonds is 17. The van der Waals surface area contributed by atoms with Crippen LogP contribution in [0.3, 0.4) is 0 Å². The molecule has 5 heteroatoms. The molecule has 0 aromatic heterocycles. The van der Waals surface area contributed by atoms with Crippen LogP contribution in [0.15, 0.2) is 0 Å². The van der Waals surface area contributed by atoms with E-state index < -0.39 is 5.97 Å². The number of thioether (sulfide) groups is 1. The van der Waals surface area contributed by atoms with Gasteiger partial charge in [-0.3, -0.25) is 9.59 Å². The third kappa shape index (κ3) is 14.9. The van der Waals surface area contributed by atoms with E-state index >= 15 is 0 Å².